The molecule has 0 aliphatic carbocycles. The summed E-state index contributed by atoms with van der Waals surface area (Å²) in [4.78, 5) is 2.19. The lowest BCUT2D eigenvalue weighted by Crippen LogP contribution is -2.43. The summed E-state index contributed by atoms with van der Waals surface area (Å²) in [5.74, 6) is 1.30. The second kappa shape index (κ2) is 7.48. The number of benzene rings is 1. The van der Waals surface area contributed by atoms with Crippen LogP contribution < -0.4 is 15.0 Å². The predicted octanol–water partition coefficient (Wildman–Crippen LogP) is 3.05. The van der Waals surface area contributed by atoms with E-state index in [9.17, 15) is 4.39 Å². The van der Waals surface area contributed by atoms with Crippen molar-refractivity contribution in [1.29, 1.82) is 0 Å². The van der Waals surface area contributed by atoms with Crippen molar-refractivity contribution in [3.05, 3.63) is 24.0 Å². The van der Waals surface area contributed by atoms with Gasteiger partial charge in [0.25, 0.3) is 0 Å². The van der Waals surface area contributed by atoms with E-state index in [2.05, 4.69) is 24.1 Å². The van der Waals surface area contributed by atoms with E-state index < -0.39 is 0 Å². The van der Waals surface area contributed by atoms with Gasteiger partial charge in [-0.1, -0.05) is 13.8 Å². The third-order valence-corrected chi connectivity index (χ3v) is 3.56. The zero-order valence-corrected chi connectivity index (χ0v) is 12.5. The first kappa shape index (κ1) is 15.1. The molecule has 20 heavy (non-hydrogen) atoms. The van der Waals surface area contributed by atoms with Crippen molar-refractivity contribution in [3.63, 3.8) is 0 Å². The van der Waals surface area contributed by atoms with Gasteiger partial charge in [-0.25, -0.2) is 4.39 Å². The van der Waals surface area contributed by atoms with Gasteiger partial charge in [0.2, 0.25) is 0 Å². The number of halogens is 1. The van der Waals surface area contributed by atoms with Crippen LogP contribution in [0.25, 0.3) is 0 Å². The van der Waals surface area contributed by atoms with E-state index in [0.29, 0.717) is 12.5 Å². The molecule has 1 heterocycles. The van der Waals surface area contributed by atoms with E-state index in [1.54, 1.807) is 12.1 Å². The Balaban J connectivity index is 1.99. The highest BCUT2D eigenvalue weighted by Gasteiger charge is 2.16. The molecule has 0 aromatic heterocycles. The Morgan fingerprint density at radius 2 is 2.05 bits per heavy atom. The van der Waals surface area contributed by atoms with Crippen LogP contribution in [0, 0.1) is 11.7 Å². The van der Waals surface area contributed by atoms with Crippen molar-refractivity contribution < 1.29 is 9.13 Å². The lowest BCUT2D eigenvalue weighted by Gasteiger charge is -2.30. The summed E-state index contributed by atoms with van der Waals surface area (Å²) in [7, 11) is 0. The summed E-state index contributed by atoms with van der Waals surface area (Å²) >= 11 is 0. The van der Waals surface area contributed by atoms with Gasteiger partial charge in [0, 0.05) is 32.2 Å². The van der Waals surface area contributed by atoms with Crippen LogP contribution in [0.3, 0.4) is 0 Å². The van der Waals surface area contributed by atoms with Gasteiger partial charge < -0.3 is 15.0 Å². The Kier molecular flexibility index (Phi) is 5.65. The van der Waals surface area contributed by atoms with Crippen molar-refractivity contribution in [2.45, 2.75) is 26.7 Å². The molecule has 1 aromatic carbocycles. The van der Waals surface area contributed by atoms with E-state index in [4.69, 9.17) is 4.74 Å². The lowest BCUT2D eigenvalue weighted by molar-refractivity contribution is 0.297. The Labute approximate surface area is 121 Å². The fourth-order valence-corrected chi connectivity index (χ4v) is 2.44. The maximum Gasteiger partial charge on any atom is 0.142 e. The number of hydrogen-bond acceptors (Lipinski definition) is 3. The highest BCUT2D eigenvalue weighted by atomic mass is 19.1. The molecule has 0 saturated carbocycles. The summed E-state index contributed by atoms with van der Waals surface area (Å²) in [5, 5.41) is 3.31. The van der Waals surface area contributed by atoms with Crippen LogP contribution >= 0.6 is 0 Å². The number of nitrogens with one attached hydrogen (secondary N) is 1. The zero-order valence-electron chi connectivity index (χ0n) is 12.5. The molecule has 0 atom stereocenters. The second-order valence-electron chi connectivity index (χ2n) is 5.73. The number of ether oxygens (including phenoxy) is 1. The van der Waals surface area contributed by atoms with E-state index in [-0.39, 0.29) is 5.82 Å². The quantitative estimate of drug-likeness (QED) is 0.811. The van der Waals surface area contributed by atoms with Crippen LogP contribution in [0.15, 0.2) is 18.2 Å². The summed E-state index contributed by atoms with van der Waals surface area (Å²) in [6.45, 7) is 8.78. The highest BCUT2D eigenvalue weighted by molar-refractivity contribution is 5.59. The van der Waals surface area contributed by atoms with Gasteiger partial charge in [-0.3, -0.25) is 0 Å². The zero-order chi connectivity index (χ0) is 14.4. The van der Waals surface area contributed by atoms with Crippen LogP contribution in [-0.2, 0) is 0 Å². The van der Waals surface area contributed by atoms with Crippen LogP contribution in [0.4, 0.5) is 10.1 Å². The average Bonchev–Trinajstić information content (AvgIpc) is 2.45. The van der Waals surface area contributed by atoms with Crippen molar-refractivity contribution in [2.24, 2.45) is 5.92 Å². The molecule has 4 heteroatoms. The van der Waals surface area contributed by atoms with Crippen LogP contribution in [0.5, 0.6) is 5.75 Å². The molecule has 3 nitrogen and oxygen atoms in total. The van der Waals surface area contributed by atoms with Gasteiger partial charge in [-0.15, -0.1) is 0 Å². The molecule has 1 aliphatic heterocycles. The van der Waals surface area contributed by atoms with E-state index in [0.717, 1.165) is 50.5 Å². The van der Waals surface area contributed by atoms with E-state index >= 15 is 0 Å². The molecule has 0 amide bonds. The number of nitrogens with zero attached hydrogens (tertiary/aromatic N) is 1. The molecule has 0 unspecified atom stereocenters. The maximum atomic E-state index is 13.5. The Morgan fingerprint density at radius 1 is 1.30 bits per heavy atom. The predicted molar refractivity (Wildman–Crippen MR) is 81.0 cm³/mol. The Morgan fingerprint density at radius 3 is 2.75 bits per heavy atom. The van der Waals surface area contributed by atoms with Gasteiger partial charge in [0.1, 0.15) is 11.6 Å². The first-order valence-corrected chi connectivity index (χ1v) is 7.55. The molecule has 1 saturated heterocycles. The van der Waals surface area contributed by atoms with Crippen LogP contribution in [0.1, 0.15) is 26.7 Å². The third-order valence-electron chi connectivity index (χ3n) is 3.56. The van der Waals surface area contributed by atoms with Gasteiger partial charge in [-0.05, 0) is 30.9 Å². The number of piperazine rings is 1. The molecule has 2 rings (SSSR count). The summed E-state index contributed by atoms with van der Waals surface area (Å²) < 4.78 is 19.4. The maximum absolute atomic E-state index is 13.5. The van der Waals surface area contributed by atoms with Crippen molar-refractivity contribution in [1.82, 2.24) is 5.32 Å². The standard InChI is InChI=1S/C16H25FN2O/c1-13(2)4-3-11-20-16-6-5-14(17)12-15(16)19-9-7-18-8-10-19/h5-6,12-13,18H,3-4,7-11H2,1-2H3. The van der Waals surface area contributed by atoms with Gasteiger partial charge in [0.15, 0.2) is 0 Å². The Bertz CT molecular complexity index is 417. The molecule has 1 aromatic rings. The minimum absolute atomic E-state index is 0.201. The minimum Gasteiger partial charge on any atom is -0.491 e. The topological polar surface area (TPSA) is 24.5 Å². The largest absolute Gasteiger partial charge is 0.491 e. The molecular weight excluding hydrogens is 255 g/mol. The molecule has 1 fully saturated rings. The lowest BCUT2D eigenvalue weighted by atomic mass is 10.1. The minimum atomic E-state index is -0.201. The molecule has 0 radical (unpaired) electrons. The average molecular weight is 280 g/mol. The Hall–Kier alpha value is -1.29. The summed E-state index contributed by atoms with van der Waals surface area (Å²) in [6, 6.07) is 4.81. The smallest absolute Gasteiger partial charge is 0.142 e. The highest BCUT2D eigenvalue weighted by Crippen LogP contribution is 2.29. The molecule has 112 valence electrons. The van der Waals surface area contributed by atoms with Gasteiger partial charge in [-0.2, -0.15) is 0 Å². The number of rotatable bonds is 6. The number of anilines is 1. The van der Waals surface area contributed by atoms with Crippen LogP contribution in [-0.4, -0.2) is 32.8 Å². The van der Waals surface area contributed by atoms with Crippen LogP contribution in [0.2, 0.25) is 0 Å². The first-order chi connectivity index (χ1) is 9.66. The molecule has 1 N–H and O–H groups in total. The van der Waals surface area contributed by atoms with Gasteiger partial charge >= 0.3 is 0 Å². The van der Waals surface area contributed by atoms with Gasteiger partial charge in [0.05, 0.1) is 12.3 Å². The second-order valence-corrected chi connectivity index (χ2v) is 5.73. The van der Waals surface area contributed by atoms with Crippen molar-refractivity contribution in [2.75, 3.05) is 37.7 Å². The fourth-order valence-electron chi connectivity index (χ4n) is 2.44. The third kappa shape index (κ3) is 4.37. The van der Waals surface area contributed by atoms with E-state index in [1.807, 2.05) is 0 Å². The molecule has 0 bridgehead atoms. The van der Waals surface area contributed by atoms with Crippen molar-refractivity contribution in [3.8, 4) is 5.75 Å². The normalized spacial score (nSPS) is 15.7. The fraction of sp³-hybridized carbons (Fsp3) is 0.625. The summed E-state index contributed by atoms with van der Waals surface area (Å²) in [5.41, 5.74) is 0.885. The number of hydrogen-bond donors (Lipinski definition) is 1. The molecular formula is C16H25FN2O. The SMILES string of the molecule is CC(C)CCCOc1ccc(F)cc1N1CCNCC1. The molecule has 1 aliphatic rings. The summed E-state index contributed by atoms with van der Waals surface area (Å²) in [6.07, 6.45) is 2.19. The monoisotopic (exact) mass is 280 g/mol. The first-order valence-electron chi connectivity index (χ1n) is 7.55. The molecule has 0 spiro atoms. The van der Waals surface area contributed by atoms with E-state index in [1.165, 1.54) is 6.07 Å². The van der Waals surface area contributed by atoms with Crippen molar-refractivity contribution >= 4 is 5.69 Å².